The van der Waals surface area contributed by atoms with Crippen molar-refractivity contribution in [2.75, 3.05) is 6.67 Å². The van der Waals surface area contributed by atoms with E-state index in [1.54, 1.807) is 18.3 Å². The fourth-order valence-electron chi connectivity index (χ4n) is 0.758. The van der Waals surface area contributed by atoms with Crippen LogP contribution in [0.15, 0.2) is 22.9 Å². The van der Waals surface area contributed by atoms with Crippen LogP contribution in [0.25, 0.3) is 0 Å². The number of hydrogen-bond donors (Lipinski definition) is 1. The van der Waals surface area contributed by atoms with E-state index < -0.39 is 12.7 Å². The molecule has 0 amide bonds. The molecule has 2 nitrogen and oxygen atoms in total. The maximum atomic E-state index is 12.1. The lowest BCUT2D eigenvalue weighted by Crippen LogP contribution is -2.12. The molecule has 0 spiro atoms. The van der Waals surface area contributed by atoms with Crippen LogP contribution >= 0.6 is 15.9 Å². The van der Waals surface area contributed by atoms with Gasteiger partial charge in [0, 0.05) is 11.8 Å². The van der Waals surface area contributed by atoms with E-state index in [1.807, 2.05) is 0 Å². The molecule has 2 N–H and O–H groups in total. The maximum Gasteiger partial charge on any atom is 0.110 e. The van der Waals surface area contributed by atoms with Crippen LogP contribution in [0.4, 0.5) is 4.39 Å². The minimum Gasteiger partial charge on any atom is -0.322 e. The van der Waals surface area contributed by atoms with Crippen molar-refractivity contribution in [1.82, 2.24) is 4.98 Å². The smallest absolute Gasteiger partial charge is 0.110 e. The number of aromatic nitrogens is 1. The summed E-state index contributed by atoms with van der Waals surface area (Å²) in [6, 6.07) is 2.91. The molecule has 0 aliphatic carbocycles. The van der Waals surface area contributed by atoms with Crippen molar-refractivity contribution < 1.29 is 4.39 Å². The molecule has 4 heteroatoms. The molecular weight excluding hydrogens is 211 g/mol. The van der Waals surface area contributed by atoms with Crippen LogP contribution in [0, 0.1) is 0 Å². The van der Waals surface area contributed by atoms with E-state index in [9.17, 15) is 4.39 Å². The Balaban J connectivity index is 2.93. The summed E-state index contributed by atoms with van der Waals surface area (Å²) >= 11 is 3.18. The van der Waals surface area contributed by atoms with Crippen molar-refractivity contribution in [1.29, 1.82) is 0 Å². The Kier molecular flexibility index (Phi) is 2.96. The molecule has 0 aromatic carbocycles. The highest BCUT2D eigenvalue weighted by atomic mass is 79.9. The third-order valence-corrected chi connectivity index (χ3v) is 2.02. The van der Waals surface area contributed by atoms with Crippen LogP contribution in [-0.2, 0) is 0 Å². The van der Waals surface area contributed by atoms with Crippen LogP contribution < -0.4 is 5.73 Å². The lowest BCUT2D eigenvalue weighted by atomic mass is 10.1. The van der Waals surface area contributed by atoms with Gasteiger partial charge in [0.25, 0.3) is 0 Å². The van der Waals surface area contributed by atoms with E-state index in [0.717, 1.165) is 0 Å². The van der Waals surface area contributed by atoms with E-state index in [-0.39, 0.29) is 0 Å². The van der Waals surface area contributed by atoms with Gasteiger partial charge in [-0.25, -0.2) is 9.37 Å². The van der Waals surface area contributed by atoms with E-state index in [0.29, 0.717) is 10.2 Å². The molecule has 11 heavy (non-hydrogen) atoms. The van der Waals surface area contributed by atoms with Gasteiger partial charge in [0.15, 0.2) is 0 Å². The summed E-state index contributed by atoms with van der Waals surface area (Å²) in [4.78, 5) is 3.92. The van der Waals surface area contributed by atoms with Gasteiger partial charge in [-0.05, 0) is 22.0 Å². The zero-order chi connectivity index (χ0) is 8.27. The van der Waals surface area contributed by atoms with E-state index in [4.69, 9.17) is 5.73 Å². The first kappa shape index (κ1) is 8.62. The summed E-state index contributed by atoms with van der Waals surface area (Å²) in [7, 11) is 0. The number of nitrogens with two attached hydrogens (primary N) is 1. The topological polar surface area (TPSA) is 38.9 Å². The summed E-state index contributed by atoms with van der Waals surface area (Å²) in [6.45, 7) is -0.565. The Hall–Kier alpha value is -0.480. The van der Waals surface area contributed by atoms with Gasteiger partial charge in [-0.15, -0.1) is 0 Å². The Morgan fingerprint density at radius 3 is 3.00 bits per heavy atom. The zero-order valence-electron chi connectivity index (χ0n) is 5.80. The van der Waals surface area contributed by atoms with Gasteiger partial charge in [0.1, 0.15) is 11.3 Å². The van der Waals surface area contributed by atoms with Gasteiger partial charge in [0.05, 0.1) is 6.04 Å². The third-order valence-electron chi connectivity index (χ3n) is 1.35. The van der Waals surface area contributed by atoms with Gasteiger partial charge in [-0.2, -0.15) is 0 Å². The van der Waals surface area contributed by atoms with Crippen LogP contribution in [0.3, 0.4) is 0 Å². The number of halogens is 2. The Bertz CT molecular complexity index is 242. The van der Waals surface area contributed by atoms with E-state index >= 15 is 0 Å². The molecule has 0 unspecified atom stereocenters. The molecule has 0 fully saturated rings. The van der Waals surface area contributed by atoms with Crippen LogP contribution in [0.2, 0.25) is 0 Å². The van der Waals surface area contributed by atoms with Crippen molar-refractivity contribution in [3.8, 4) is 0 Å². The number of alkyl halides is 1. The number of pyridine rings is 1. The SMILES string of the molecule is N[C@@H](CF)c1cccnc1Br. The minimum absolute atomic E-state index is 0.565. The van der Waals surface area contributed by atoms with Gasteiger partial charge in [0.2, 0.25) is 0 Å². The van der Waals surface area contributed by atoms with Crippen molar-refractivity contribution in [3.63, 3.8) is 0 Å². The van der Waals surface area contributed by atoms with Gasteiger partial charge >= 0.3 is 0 Å². The van der Waals surface area contributed by atoms with Crippen molar-refractivity contribution in [2.45, 2.75) is 6.04 Å². The van der Waals surface area contributed by atoms with E-state index in [1.165, 1.54) is 0 Å². The lowest BCUT2D eigenvalue weighted by Gasteiger charge is -2.07. The average molecular weight is 219 g/mol. The van der Waals surface area contributed by atoms with Crippen molar-refractivity contribution in [2.24, 2.45) is 5.73 Å². The molecule has 1 heterocycles. The van der Waals surface area contributed by atoms with Crippen LogP contribution in [-0.4, -0.2) is 11.7 Å². The summed E-state index contributed by atoms with van der Waals surface area (Å²) in [5.74, 6) is 0. The van der Waals surface area contributed by atoms with Gasteiger partial charge in [-0.1, -0.05) is 6.07 Å². The quantitative estimate of drug-likeness (QED) is 0.770. The minimum atomic E-state index is -0.571. The summed E-state index contributed by atoms with van der Waals surface area (Å²) in [6.07, 6.45) is 1.62. The monoisotopic (exact) mass is 218 g/mol. The molecule has 0 saturated heterocycles. The second kappa shape index (κ2) is 3.78. The van der Waals surface area contributed by atoms with Crippen LogP contribution in [0.1, 0.15) is 11.6 Å². The molecule has 0 saturated carbocycles. The second-order valence-corrected chi connectivity index (χ2v) is 2.90. The molecule has 60 valence electrons. The molecule has 0 aliphatic rings. The summed E-state index contributed by atoms with van der Waals surface area (Å²) in [5, 5.41) is 0. The van der Waals surface area contributed by atoms with Crippen LogP contribution in [0.5, 0.6) is 0 Å². The lowest BCUT2D eigenvalue weighted by molar-refractivity contribution is 0.435. The average Bonchev–Trinajstić information content (AvgIpc) is 2.04. The largest absolute Gasteiger partial charge is 0.322 e. The van der Waals surface area contributed by atoms with E-state index in [2.05, 4.69) is 20.9 Å². The molecule has 1 aromatic heterocycles. The fraction of sp³-hybridized carbons (Fsp3) is 0.286. The Morgan fingerprint density at radius 1 is 1.73 bits per heavy atom. The summed E-state index contributed by atoms with van der Waals surface area (Å²) in [5.41, 5.74) is 6.15. The van der Waals surface area contributed by atoms with Gasteiger partial charge in [-0.3, -0.25) is 0 Å². The highest BCUT2D eigenvalue weighted by Crippen LogP contribution is 2.18. The first-order valence-corrected chi connectivity index (χ1v) is 3.97. The second-order valence-electron chi connectivity index (χ2n) is 2.14. The number of rotatable bonds is 2. The maximum absolute atomic E-state index is 12.1. The predicted octanol–water partition coefficient (Wildman–Crippen LogP) is 1.81. The number of hydrogen-bond acceptors (Lipinski definition) is 2. The highest BCUT2D eigenvalue weighted by molar-refractivity contribution is 9.10. The molecular formula is C7H8BrFN2. The number of nitrogens with zero attached hydrogens (tertiary/aromatic N) is 1. The normalized spacial score (nSPS) is 13.0. The third kappa shape index (κ3) is 1.97. The molecule has 0 radical (unpaired) electrons. The fourth-order valence-corrected chi connectivity index (χ4v) is 1.30. The molecule has 1 rings (SSSR count). The highest BCUT2D eigenvalue weighted by Gasteiger charge is 2.08. The standard InChI is InChI=1S/C7H8BrFN2/c8-7-5(6(10)4-9)2-1-3-11-7/h1-3,6H,4,10H2/t6-/m0/s1. The molecule has 1 aromatic rings. The first-order valence-electron chi connectivity index (χ1n) is 3.17. The molecule has 0 aliphatic heterocycles. The van der Waals surface area contributed by atoms with Gasteiger partial charge < -0.3 is 5.73 Å². The Morgan fingerprint density at radius 2 is 2.45 bits per heavy atom. The predicted molar refractivity (Wildman–Crippen MR) is 44.8 cm³/mol. The summed E-state index contributed by atoms with van der Waals surface area (Å²) < 4.78 is 12.7. The van der Waals surface area contributed by atoms with Crippen molar-refractivity contribution >= 4 is 15.9 Å². The molecule has 1 atom stereocenters. The first-order chi connectivity index (χ1) is 5.25. The molecule has 0 bridgehead atoms. The van der Waals surface area contributed by atoms with Crippen molar-refractivity contribution in [3.05, 3.63) is 28.5 Å². The zero-order valence-corrected chi connectivity index (χ0v) is 7.38. The Labute approximate surface area is 72.8 Å².